The second-order valence-electron chi connectivity index (χ2n) is 3.85. The molecule has 0 aromatic carbocycles. The van der Waals surface area contributed by atoms with Crippen molar-refractivity contribution in [2.24, 2.45) is 0 Å². The molecule has 0 aromatic rings. The maximum absolute atomic E-state index is 11.1. The second-order valence-corrected chi connectivity index (χ2v) is 4.87. The number of aliphatic carboxylic acids is 1. The van der Waals surface area contributed by atoms with Crippen LogP contribution in [0.5, 0.6) is 0 Å². The molecule has 0 saturated carbocycles. The van der Waals surface area contributed by atoms with E-state index in [1.54, 1.807) is 13.8 Å². The Kier molecular flexibility index (Phi) is 5.88. The van der Waals surface area contributed by atoms with Gasteiger partial charge in [-0.3, -0.25) is 0 Å². The molecule has 0 aliphatic rings. The van der Waals surface area contributed by atoms with E-state index < -0.39 is 23.0 Å². The summed E-state index contributed by atoms with van der Waals surface area (Å²) in [5, 5.41) is 11.1. The number of carbonyl (C=O) groups excluding carboxylic acids is 1. The number of nitrogens with one attached hydrogen (secondary N) is 1. The van der Waals surface area contributed by atoms with Crippen LogP contribution in [0.3, 0.4) is 0 Å². The minimum atomic E-state index is -1.15. The number of alkyl carbamates (subject to hydrolysis) is 1. The molecule has 1 amide bonds. The van der Waals surface area contributed by atoms with E-state index in [0.29, 0.717) is 0 Å². The fourth-order valence-corrected chi connectivity index (χ4v) is 1.16. The average Bonchev–Trinajstić information content (AvgIpc) is 2.11. The average molecular weight is 250 g/mol. The molecule has 0 radical (unpaired) electrons. The molecule has 0 aromatic heterocycles. The fourth-order valence-electron chi connectivity index (χ4n) is 1.00. The van der Waals surface area contributed by atoms with Gasteiger partial charge in [-0.2, -0.15) is 0 Å². The third-order valence-electron chi connectivity index (χ3n) is 1.61. The van der Waals surface area contributed by atoms with Gasteiger partial charge in [0.15, 0.2) is 0 Å². The van der Waals surface area contributed by atoms with Crippen molar-refractivity contribution in [1.82, 2.24) is 5.32 Å². The first-order valence-electron chi connectivity index (χ1n) is 4.72. The zero-order chi connectivity index (χ0) is 12.8. The Bertz CT molecular complexity index is 272. The number of hydrogen-bond donors (Lipinski definition) is 2. The van der Waals surface area contributed by atoms with E-state index in [2.05, 4.69) is 16.6 Å². The van der Waals surface area contributed by atoms with Gasteiger partial charge < -0.3 is 15.2 Å². The lowest BCUT2D eigenvalue weighted by atomic mass is 10.0. The Labute approximate surface area is 99.4 Å². The predicted molar refractivity (Wildman–Crippen MR) is 60.7 cm³/mol. The molecular formula is C10H16ClNO4. The Morgan fingerprint density at radius 3 is 2.56 bits per heavy atom. The first-order chi connectivity index (χ1) is 7.26. The molecule has 6 heteroatoms. The summed E-state index contributed by atoms with van der Waals surface area (Å²) in [7, 11) is 0. The van der Waals surface area contributed by atoms with Crippen LogP contribution in [0.4, 0.5) is 4.79 Å². The summed E-state index contributed by atoms with van der Waals surface area (Å²) in [5.41, 5.74) is 0. The van der Waals surface area contributed by atoms with Crippen LogP contribution in [0, 0.1) is 0 Å². The van der Waals surface area contributed by atoms with Crippen LogP contribution in [0.2, 0.25) is 0 Å². The Balaban J connectivity index is 4.29. The van der Waals surface area contributed by atoms with Crippen molar-refractivity contribution in [3.63, 3.8) is 0 Å². The van der Waals surface area contributed by atoms with Crippen LogP contribution in [0.25, 0.3) is 0 Å². The number of alkyl halides is 1. The number of carboxylic acid groups (broad SMARTS) is 1. The summed E-state index contributed by atoms with van der Waals surface area (Å²) in [6.07, 6.45) is 0.696. The summed E-state index contributed by atoms with van der Waals surface area (Å²) < 4.78 is 4.61. The monoisotopic (exact) mass is 249 g/mol. The quantitative estimate of drug-likeness (QED) is 0.556. The SMILES string of the molecule is C=CCOC(=O)NC(CC(C)(C)Cl)C(=O)O. The number of hydrogen-bond acceptors (Lipinski definition) is 3. The molecule has 0 aliphatic carbocycles. The molecule has 0 aliphatic heterocycles. The van der Waals surface area contributed by atoms with Gasteiger partial charge in [-0.1, -0.05) is 12.7 Å². The van der Waals surface area contributed by atoms with Crippen LogP contribution in [-0.4, -0.2) is 34.7 Å². The van der Waals surface area contributed by atoms with Gasteiger partial charge >= 0.3 is 12.1 Å². The molecule has 1 unspecified atom stereocenters. The van der Waals surface area contributed by atoms with Crippen molar-refractivity contribution in [3.05, 3.63) is 12.7 Å². The maximum Gasteiger partial charge on any atom is 0.408 e. The molecule has 0 rings (SSSR count). The lowest BCUT2D eigenvalue weighted by molar-refractivity contribution is -0.139. The molecule has 16 heavy (non-hydrogen) atoms. The second kappa shape index (κ2) is 6.37. The molecule has 2 N–H and O–H groups in total. The third-order valence-corrected chi connectivity index (χ3v) is 1.77. The lowest BCUT2D eigenvalue weighted by Gasteiger charge is -2.21. The van der Waals surface area contributed by atoms with Crippen LogP contribution in [0.1, 0.15) is 20.3 Å². The minimum Gasteiger partial charge on any atom is -0.480 e. The van der Waals surface area contributed by atoms with Gasteiger partial charge in [-0.05, 0) is 20.3 Å². The van der Waals surface area contributed by atoms with Crippen molar-refractivity contribution < 1.29 is 19.4 Å². The highest BCUT2D eigenvalue weighted by molar-refractivity contribution is 6.23. The number of ether oxygens (including phenoxy) is 1. The number of halogens is 1. The van der Waals surface area contributed by atoms with Gasteiger partial charge in [0.05, 0.1) is 0 Å². The van der Waals surface area contributed by atoms with Gasteiger partial charge in [0.25, 0.3) is 0 Å². The normalized spacial score (nSPS) is 12.7. The van der Waals surface area contributed by atoms with Gasteiger partial charge in [0, 0.05) is 4.87 Å². The van der Waals surface area contributed by atoms with E-state index in [-0.39, 0.29) is 13.0 Å². The number of rotatable bonds is 6. The van der Waals surface area contributed by atoms with E-state index >= 15 is 0 Å². The summed E-state index contributed by atoms with van der Waals surface area (Å²) >= 11 is 5.89. The summed E-state index contributed by atoms with van der Waals surface area (Å²) in [5.74, 6) is -1.15. The highest BCUT2D eigenvalue weighted by Crippen LogP contribution is 2.19. The number of amides is 1. The minimum absolute atomic E-state index is 0.0302. The van der Waals surface area contributed by atoms with Crippen LogP contribution < -0.4 is 5.32 Å². The Morgan fingerprint density at radius 1 is 1.62 bits per heavy atom. The topological polar surface area (TPSA) is 75.6 Å². The molecular weight excluding hydrogens is 234 g/mol. The lowest BCUT2D eigenvalue weighted by Crippen LogP contribution is -2.44. The molecule has 0 fully saturated rings. The van der Waals surface area contributed by atoms with Gasteiger partial charge in [0.1, 0.15) is 12.6 Å². The first-order valence-corrected chi connectivity index (χ1v) is 5.10. The molecule has 0 spiro atoms. The Morgan fingerprint density at radius 2 is 2.19 bits per heavy atom. The van der Waals surface area contributed by atoms with Crippen LogP contribution in [0.15, 0.2) is 12.7 Å². The largest absolute Gasteiger partial charge is 0.480 e. The van der Waals surface area contributed by atoms with Crippen molar-refractivity contribution in [1.29, 1.82) is 0 Å². The maximum atomic E-state index is 11.1. The zero-order valence-corrected chi connectivity index (χ0v) is 10.1. The third kappa shape index (κ3) is 7.11. The molecule has 0 heterocycles. The standard InChI is InChI=1S/C10H16ClNO4/c1-4-5-16-9(15)12-7(8(13)14)6-10(2,3)11/h4,7H,1,5-6H2,2-3H3,(H,12,15)(H,13,14). The first kappa shape index (κ1) is 14.8. The summed E-state index contributed by atoms with van der Waals surface area (Å²) in [6, 6.07) is -1.06. The smallest absolute Gasteiger partial charge is 0.408 e. The summed E-state index contributed by atoms with van der Waals surface area (Å²) in [4.78, 5) is 21.2. The highest BCUT2D eigenvalue weighted by atomic mass is 35.5. The van der Waals surface area contributed by atoms with Gasteiger partial charge in [0.2, 0.25) is 0 Å². The Hall–Kier alpha value is -1.23. The molecule has 92 valence electrons. The van der Waals surface area contributed by atoms with Crippen LogP contribution in [-0.2, 0) is 9.53 Å². The fraction of sp³-hybridized carbons (Fsp3) is 0.600. The zero-order valence-electron chi connectivity index (χ0n) is 9.33. The van der Waals surface area contributed by atoms with Crippen molar-refractivity contribution in [2.75, 3.05) is 6.61 Å². The number of carbonyl (C=O) groups is 2. The van der Waals surface area contributed by atoms with E-state index in [4.69, 9.17) is 16.7 Å². The summed E-state index contributed by atoms with van der Waals surface area (Å²) in [6.45, 7) is 6.73. The predicted octanol–water partition coefficient (Wildman–Crippen LogP) is 1.76. The molecule has 0 saturated heterocycles. The van der Waals surface area contributed by atoms with Crippen LogP contribution >= 0.6 is 11.6 Å². The van der Waals surface area contributed by atoms with E-state index in [1.165, 1.54) is 6.08 Å². The van der Waals surface area contributed by atoms with Gasteiger partial charge in [-0.15, -0.1) is 11.6 Å². The van der Waals surface area contributed by atoms with E-state index in [0.717, 1.165) is 0 Å². The van der Waals surface area contributed by atoms with Gasteiger partial charge in [-0.25, -0.2) is 9.59 Å². The van der Waals surface area contributed by atoms with E-state index in [9.17, 15) is 9.59 Å². The molecule has 1 atom stereocenters. The van der Waals surface area contributed by atoms with Crippen molar-refractivity contribution in [3.8, 4) is 0 Å². The van der Waals surface area contributed by atoms with Crippen molar-refractivity contribution in [2.45, 2.75) is 31.2 Å². The van der Waals surface area contributed by atoms with E-state index in [1.807, 2.05) is 0 Å². The molecule has 5 nitrogen and oxygen atoms in total. The van der Waals surface area contributed by atoms with Crippen molar-refractivity contribution >= 4 is 23.7 Å². The highest BCUT2D eigenvalue weighted by Gasteiger charge is 2.27. The molecule has 0 bridgehead atoms. The number of carboxylic acids is 1.